The molecule has 0 bridgehead atoms. The number of aromatic nitrogens is 1. The maximum Gasteiger partial charge on any atom is 0.254 e. The maximum absolute atomic E-state index is 12.5. The minimum atomic E-state index is -0.198. The van der Waals surface area contributed by atoms with Gasteiger partial charge in [-0.15, -0.1) is 0 Å². The molecule has 1 aromatic carbocycles. The molecule has 0 unspecified atom stereocenters. The van der Waals surface area contributed by atoms with E-state index in [1.54, 1.807) is 38.4 Å². The Morgan fingerprint density at radius 3 is 2.41 bits per heavy atom. The lowest BCUT2D eigenvalue weighted by Crippen LogP contribution is -2.31. The van der Waals surface area contributed by atoms with Crippen LogP contribution in [0.25, 0.3) is 0 Å². The topological polar surface area (TPSA) is 51.5 Å². The molecule has 0 fully saturated rings. The fourth-order valence-electron chi connectivity index (χ4n) is 2.17. The van der Waals surface area contributed by atoms with E-state index in [4.69, 9.17) is 4.74 Å². The number of hydrogen-bond acceptors (Lipinski definition) is 3. The number of methoxy groups -OCH3 is 1. The number of hydrogen-bond donors (Lipinski definition) is 0. The van der Waals surface area contributed by atoms with Crippen molar-refractivity contribution in [3.05, 3.63) is 64.1 Å². The summed E-state index contributed by atoms with van der Waals surface area (Å²) >= 11 is 0. The summed E-state index contributed by atoms with van der Waals surface area (Å²) in [7, 11) is 5.00. The van der Waals surface area contributed by atoms with E-state index < -0.39 is 0 Å². The average Bonchev–Trinajstić information content (AvgIpc) is 2.55. The highest BCUT2D eigenvalue weighted by Gasteiger charge is 2.19. The van der Waals surface area contributed by atoms with Gasteiger partial charge < -0.3 is 14.2 Å². The number of nitrogens with zero attached hydrogens (tertiary/aromatic N) is 2. The third-order valence-electron chi connectivity index (χ3n) is 3.85. The Morgan fingerprint density at radius 1 is 1.23 bits per heavy atom. The van der Waals surface area contributed by atoms with E-state index in [9.17, 15) is 9.59 Å². The standard InChI is InChI=1S/C17H20N2O3/c1-12(13-5-7-15(22-4)8-6-13)19(3)17(21)14-9-10-18(2)16(20)11-14/h5-12H,1-4H3/t12-/m0/s1. The van der Waals surface area contributed by atoms with E-state index in [1.807, 2.05) is 31.2 Å². The van der Waals surface area contributed by atoms with Gasteiger partial charge in [0.2, 0.25) is 0 Å². The SMILES string of the molecule is COc1ccc([C@H](C)N(C)C(=O)c2ccn(C)c(=O)c2)cc1. The molecule has 0 aliphatic rings. The molecular formula is C17H20N2O3. The van der Waals surface area contributed by atoms with Gasteiger partial charge in [0.25, 0.3) is 11.5 Å². The van der Waals surface area contributed by atoms with Crippen LogP contribution in [0.15, 0.2) is 47.4 Å². The van der Waals surface area contributed by atoms with E-state index in [2.05, 4.69) is 0 Å². The van der Waals surface area contributed by atoms with E-state index in [0.29, 0.717) is 5.56 Å². The van der Waals surface area contributed by atoms with Gasteiger partial charge in [0.05, 0.1) is 13.2 Å². The zero-order valence-corrected chi connectivity index (χ0v) is 13.2. The largest absolute Gasteiger partial charge is 0.497 e. The quantitative estimate of drug-likeness (QED) is 0.870. The van der Waals surface area contributed by atoms with Gasteiger partial charge >= 0.3 is 0 Å². The molecule has 0 spiro atoms. The molecule has 5 heteroatoms. The summed E-state index contributed by atoms with van der Waals surface area (Å²) in [5.74, 6) is 0.595. The second kappa shape index (κ2) is 6.47. The maximum atomic E-state index is 12.5. The van der Waals surface area contributed by atoms with Crippen LogP contribution in [0.2, 0.25) is 0 Å². The minimum Gasteiger partial charge on any atom is -0.497 e. The second-order valence-corrected chi connectivity index (χ2v) is 5.23. The first-order valence-electron chi connectivity index (χ1n) is 7.02. The number of carbonyl (C=O) groups is 1. The summed E-state index contributed by atoms with van der Waals surface area (Å²) in [4.78, 5) is 25.8. The molecule has 1 heterocycles. The van der Waals surface area contributed by atoms with Gasteiger partial charge in [-0.25, -0.2) is 0 Å². The molecule has 1 atom stereocenters. The number of rotatable bonds is 4. The number of pyridine rings is 1. The van der Waals surface area contributed by atoms with Crippen molar-refractivity contribution in [2.45, 2.75) is 13.0 Å². The van der Waals surface area contributed by atoms with Crippen LogP contribution in [0.4, 0.5) is 0 Å². The molecule has 0 aliphatic carbocycles. The minimum absolute atomic E-state index is 0.109. The smallest absolute Gasteiger partial charge is 0.254 e. The zero-order valence-electron chi connectivity index (χ0n) is 13.2. The van der Waals surface area contributed by atoms with Crippen molar-refractivity contribution >= 4 is 5.91 Å². The van der Waals surface area contributed by atoms with Crippen LogP contribution < -0.4 is 10.3 Å². The molecule has 5 nitrogen and oxygen atoms in total. The van der Waals surface area contributed by atoms with Gasteiger partial charge in [-0.2, -0.15) is 0 Å². The third-order valence-corrected chi connectivity index (χ3v) is 3.85. The van der Waals surface area contributed by atoms with Crippen LogP contribution in [0.3, 0.4) is 0 Å². The highest BCUT2D eigenvalue weighted by Crippen LogP contribution is 2.22. The Bertz CT molecular complexity index is 719. The molecule has 2 aromatic rings. The van der Waals surface area contributed by atoms with Gasteiger partial charge in [0.15, 0.2) is 0 Å². The van der Waals surface area contributed by atoms with Crippen molar-refractivity contribution in [3.63, 3.8) is 0 Å². The van der Waals surface area contributed by atoms with Gasteiger partial charge in [0, 0.05) is 31.9 Å². The highest BCUT2D eigenvalue weighted by atomic mass is 16.5. The molecule has 0 aliphatic heterocycles. The normalized spacial score (nSPS) is 11.8. The lowest BCUT2D eigenvalue weighted by atomic mass is 10.1. The number of carbonyl (C=O) groups excluding carboxylic acids is 1. The first-order chi connectivity index (χ1) is 10.4. The molecule has 2 rings (SSSR count). The summed E-state index contributed by atoms with van der Waals surface area (Å²) in [5, 5.41) is 0. The fourth-order valence-corrected chi connectivity index (χ4v) is 2.17. The van der Waals surface area contributed by atoms with Crippen LogP contribution in [0.5, 0.6) is 5.75 Å². The van der Waals surface area contributed by atoms with Crippen molar-refractivity contribution in [1.82, 2.24) is 9.47 Å². The molecule has 0 saturated carbocycles. The summed E-state index contributed by atoms with van der Waals surface area (Å²) in [5.41, 5.74) is 1.20. The van der Waals surface area contributed by atoms with Gasteiger partial charge in [0.1, 0.15) is 5.75 Å². The number of ether oxygens (including phenoxy) is 1. The lowest BCUT2D eigenvalue weighted by molar-refractivity contribution is 0.0742. The van der Waals surface area contributed by atoms with Crippen molar-refractivity contribution < 1.29 is 9.53 Å². The Balaban J connectivity index is 2.21. The highest BCUT2D eigenvalue weighted by molar-refractivity contribution is 5.94. The molecule has 1 amide bonds. The lowest BCUT2D eigenvalue weighted by Gasteiger charge is -2.25. The van der Waals surface area contributed by atoms with Crippen molar-refractivity contribution in [3.8, 4) is 5.75 Å². The molecule has 22 heavy (non-hydrogen) atoms. The summed E-state index contributed by atoms with van der Waals surface area (Å²) < 4.78 is 6.57. The van der Waals surface area contributed by atoms with E-state index in [0.717, 1.165) is 11.3 Å². The summed E-state index contributed by atoms with van der Waals surface area (Å²) in [6.45, 7) is 1.95. The third kappa shape index (κ3) is 3.19. The Kier molecular flexibility index (Phi) is 4.65. The van der Waals surface area contributed by atoms with Crippen LogP contribution in [-0.2, 0) is 7.05 Å². The van der Waals surface area contributed by atoms with Crippen molar-refractivity contribution in [2.24, 2.45) is 7.05 Å². The van der Waals surface area contributed by atoms with Crippen LogP contribution in [-0.4, -0.2) is 29.5 Å². The van der Waals surface area contributed by atoms with Crippen molar-refractivity contribution in [2.75, 3.05) is 14.2 Å². The summed E-state index contributed by atoms with van der Waals surface area (Å²) in [6.07, 6.45) is 1.60. The van der Waals surface area contributed by atoms with E-state index >= 15 is 0 Å². The van der Waals surface area contributed by atoms with E-state index in [1.165, 1.54) is 10.6 Å². The van der Waals surface area contributed by atoms with E-state index in [-0.39, 0.29) is 17.5 Å². The first-order valence-corrected chi connectivity index (χ1v) is 7.02. The predicted octanol–water partition coefficient (Wildman–Crippen LogP) is 2.23. The predicted molar refractivity (Wildman–Crippen MR) is 85.2 cm³/mol. The zero-order chi connectivity index (χ0) is 16.3. The number of amides is 1. The molecule has 1 aromatic heterocycles. The van der Waals surface area contributed by atoms with Crippen molar-refractivity contribution in [1.29, 1.82) is 0 Å². The molecule has 0 saturated heterocycles. The van der Waals surface area contributed by atoms with Crippen LogP contribution in [0, 0.1) is 0 Å². The molecule has 0 N–H and O–H groups in total. The summed E-state index contributed by atoms with van der Waals surface area (Å²) in [6, 6.07) is 10.5. The Hall–Kier alpha value is -2.56. The van der Waals surface area contributed by atoms with Gasteiger partial charge in [-0.1, -0.05) is 12.1 Å². The second-order valence-electron chi connectivity index (χ2n) is 5.23. The average molecular weight is 300 g/mol. The fraction of sp³-hybridized carbons (Fsp3) is 0.294. The van der Waals surface area contributed by atoms with Crippen LogP contribution in [0.1, 0.15) is 28.9 Å². The monoisotopic (exact) mass is 300 g/mol. The van der Waals surface area contributed by atoms with Crippen LogP contribution >= 0.6 is 0 Å². The van der Waals surface area contributed by atoms with Gasteiger partial charge in [-0.05, 0) is 30.7 Å². The molecular weight excluding hydrogens is 280 g/mol. The number of benzene rings is 1. The Labute approximate surface area is 129 Å². The first kappa shape index (κ1) is 15.8. The molecule has 0 radical (unpaired) electrons. The molecule has 116 valence electrons. The van der Waals surface area contributed by atoms with Gasteiger partial charge in [-0.3, -0.25) is 9.59 Å². The Morgan fingerprint density at radius 2 is 1.86 bits per heavy atom. The number of aryl methyl sites for hydroxylation is 1.